The zero-order valence-corrected chi connectivity index (χ0v) is 4.91. The number of hydrogen-bond donors (Lipinski definition) is 0. The Morgan fingerprint density at radius 3 is 2.00 bits per heavy atom. The standard InChI is InChI=1S/C4H11P/c1-4-5(2)3/h5H,2,4H2,1,3H3. The predicted octanol–water partition coefficient (Wildman–Crippen LogP) is 1.28. The lowest BCUT2D eigenvalue weighted by molar-refractivity contribution is 1.52. The van der Waals surface area contributed by atoms with Crippen molar-refractivity contribution in [2.45, 2.75) is 6.92 Å². The zero-order valence-electron chi connectivity index (χ0n) is 3.91. The average molecular weight is 90.1 g/mol. The zero-order chi connectivity index (χ0) is 4.28. The molecule has 0 amide bonds. The molecule has 1 heteroatoms. The highest BCUT2D eigenvalue weighted by Crippen LogP contribution is 2.08. The van der Waals surface area contributed by atoms with E-state index in [1.165, 1.54) is 6.16 Å². The molecule has 0 aliphatic heterocycles. The topological polar surface area (TPSA) is 0 Å². The summed E-state index contributed by atoms with van der Waals surface area (Å²) in [6.45, 7) is 4.39. The van der Waals surface area contributed by atoms with Gasteiger partial charge in [-0.2, -0.15) is 0 Å². The van der Waals surface area contributed by atoms with Gasteiger partial charge in [-0.15, -0.1) is 13.8 Å². The lowest BCUT2D eigenvalue weighted by atomic mass is 11.0. The van der Waals surface area contributed by atoms with E-state index in [1.807, 2.05) is 0 Å². The first-order chi connectivity index (χ1) is 2.27. The predicted molar refractivity (Wildman–Crippen MR) is 31.9 cm³/mol. The van der Waals surface area contributed by atoms with E-state index in [2.05, 4.69) is 19.9 Å². The van der Waals surface area contributed by atoms with E-state index in [9.17, 15) is 0 Å². The second kappa shape index (κ2) is 2.53. The van der Waals surface area contributed by atoms with E-state index in [0.29, 0.717) is 0 Å². The van der Waals surface area contributed by atoms with Gasteiger partial charge in [0.2, 0.25) is 0 Å². The van der Waals surface area contributed by atoms with Crippen LogP contribution in [0.3, 0.4) is 0 Å². The summed E-state index contributed by atoms with van der Waals surface area (Å²) in [5.41, 5.74) is 0. The van der Waals surface area contributed by atoms with Crippen molar-refractivity contribution in [1.29, 1.82) is 0 Å². The summed E-state index contributed by atoms with van der Waals surface area (Å²) in [7, 11) is -0.124. The Kier molecular flexibility index (Phi) is 2.68. The quantitative estimate of drug-likeness (QED) is 0.425. The molecule has 0 bridgehead atoms. The Morgan fingerprint density at radius 2 is 2.00 bits per heavy atom. The van der Waals surface area contributed by atoms with Crippen LogP contribution in [-0.2, 0) is 0 Å². The fourth-order valence-electron chi connectivity index (χ4n) is 0. The Balaban J connectivity index is 2.85. The molecule has 5 heavy (non-hydrogen) atoms. The van der Waals surface area contributed by atoms with Crippen LogP contribution in [0.2, 0.25) is 0 Å². The molecule has 0 aliphatic carbocycles. The Hall–Kier alpha value is 0.300. The van der Waals surface area contributed by atoms with Crippen molar-refractivity contribution in [3.63, 3.8) is 0 Å². The Morgan fingerprint density at radius 1 is 1.80 bits per heavy atom. The largest absolute Gasteiger partial charge is 0.128 e. The minimum atomic E-state index is -0.124. The van der Waals surface area contributed by atoms with Gasteiger partial charge in [-0.3, -0.25) is 0 Å². The summed E-state index contributed by atoms with van der Waals surface area (Å²) >= 11 is 0. The van der Waals surface area contributed by atoms with Gasteiger partial charge in [0.05, 0.1) is 0 Å². The summed E-state index contributed by atoms with van der Waals surface area (Å²) in [4.78, 5) is 0. The maximum atomic E-state index is 3.86. The van der Waals surface area contributed by atoms with Crippen molar-refractivity contribution in [3.8, 4) is 0 Å². The average Bonchev–Trinajstić information content (AvgIpc) is 1.38. The van der Waals surface area contributed by atoms with Crippen molar-refractivity contribution in [3.05, 3.63) is 0 Å². The first-order valence-electron chi connectivity index (χ1n) is 1.91. The van der Waals surface area contributed by atoms with Crippen molar-refractivity contribution >= 4 is 13.8 Å². The maximum absolute atomic E-state index is 3.86. The van der Waals surface area contributed by atoms with E-state index in [0.717, 1.165) is 0 Å². The third-order valence-electron chi connectivity index (χ3n) is 0.604. The third kappa shape index (κ3) is 4.30. The van der Waals surface area contributed by atoms with Gasteiger partial charge in [-0.05, 0) is 12.8 Å². The lowest BCUT2D eigenvalue weighted by Gasteiger charge is -1.81. The van der Waals surface area contributed by atoms with Gasteiger partial charge in [-0.1, -0.05) is 6.92 Å². The van der Waals surface area contributed by atoms with Crippen LogP contribution < -0.4 is 0 Å². The van der Waals surface area contributed by atoms with Crippen LogP contribution in [0.25, 0.3) is 0 Å². The summed E-state index contributed by atoms with van der Waals surface area (Å²) < 4.78 is 0. The maximum Gasteiger partial charge on any atom is -0.0389 e. The molecule has 0 aromatic heterocycles. The normalized spacial score (nSPS) is 14.8. The molecule has 0 N–H and O–H groups in total. The molecule has 0 fully saturated rings. The molecule has 0 aromatic carbocycles. The third-order valence-corrected chi connectivity index (χ3v) is 1.81. The lowest BCUT2D eigenvalue weighted by Crippen LogP contribution is -1.56. The summed E-state index contributed by atoms with van der Waals surface area (Å²) in [5, 5.41) is 0. The highest BCUT2D eigenvalue weighted by atomic mass is 31.1. The highest BCUT2D eigenvalue weighted by molar-refractivity contribution is 7.54. The van der Waals surface area contributed by atoms with Gasteiger partial charge in [0, 0.05) is 0 Å². The summed E-state index contributed by atoms with van der Waals surface area (Å²) in [6, 6.07) is 0. The Labute approximate surface area is 34.6 Å². The smallest absolute Gasteiger partial charge is 0.0389 e. The fourth-order valence-corrected chi connectivity index (χ4v) is 0. The first kappa shape index (κ1) is 5.30. The summed E-state index contributed by atoms with van der Waals surface area (Å²) in [5.74, 6) is 0. The van der Waals surface area contributed by atoms with Gasteiger partial charge in [-0.25, -0.2) is 0 Å². The minimum Gasteiger partial charge on any atom is -0.128 e. The molecule has 0 rings (SSSR count). The molecule has 0 heterocycles. The van der Waals surface area contributed by atoms with E-state index >= 15 is 0 Å². The van der Waals surface area contributed by atoms with E-state index in [4.69, 9.17) is 0 Å². The van der Waals surface area contributed by atoms with Crippen molar-refractivity contribution < 1.29 is 0 Å². The van der Waals surface area contributed by atoms with E-state index in [-0.39, 0.29) is 7.55 Å². The van der Waals surface area contributed by atoms with E-state index < -0.39 is 0 Å². The van der Waals surface area contributed by atoms with Crippen LogP contribution in [0.15, 0.2) is 0 Å². The molecule has 0 spiro atoms. The summed E-state index contributed by atoms with van der Waals surface area (Å²) in [6.07, 6.45) is 5.16. The van der Waals surface area contributed by atoms with Crippen LogP contribution in [0.4, 0.5) is 0 Å². The van der Waals surface area contributed by atoms with Gasteiger partial charge in [0.15, 0.2) is 0 Å². The molecule has 0 aromatic rings. The van der Waals surface area contributed by atoms with Gasteiger partial charge in [0.25, 0.3) is 0 Å². The molecule has 0 saturated carbocycles. The SMILES string of the molecule is C=[PH](C)CC. The minimum absolute atomic E-state index is 0.124. The van der Waals surface area contributed by atoms with Crippen molar-refractivity contribution in [1.82, 2.24) is 0 Å². The van der Waals surface area contributed by atoms with Crippen molar-refractivity contribution in [2.24, 2.45) is 0 Å². The van der Waals surface area contributed by atoms with Crippen LogP contribution >= 0.6 is 7.55 Å². The van der Waals surface area contributed by atoms with E-state index in [1.54, 1.807) is 0 Å². The van der Waals surface area contributed by atoms with Crippen LogP contribution in [0.5, 0.6) is 0 Å². The fraction of sp³-hybridized carbons (Fsp3) is 0.750. The molecule has 0 nitrogen and oxygen atoms in total. The second-order valence-electron chi connectivity index (χ2n) is 1.31. The Bertz CT molecular complexity index is 38.9. The number of rotatable bonds is 1. The van der Waals surface area contributed by atoms with Crippen LogP contribution in [0, 0.1) is 0 Å². The van der Waals surface area contributed by atoms with Crippen molar-refractivity contribution in [2.75, 3.05) is 12.8 Å². The molecule has 1 atom stereocenters. The van der Waals surface area contributed by atoms with Crippen LogP contribution in [-0.4, -0.2) is 19.1 Å². The molecule has 1 unspecified atom stereocenters. The monoisotopic (exact) mass is 90.1 g/mol. The molecule has 0 radical (unpaired) electrons. The highest BCUT2D eigenvalue weighted by Gasteiger charge is 1.65. The molecule has 32 valence electrons. The van der Waals surface area contributed by atoms with Gasteiger partial charge >= 0.3 is 0 Å². The molecular weight excluding hydrogens is 79.0 g/mol. The number of hydrogen-bond acceptors (Lipinski definition) is 0. The molecular formula is C4H11P. The molecule has 0 aliphatic rings. The van der Waals surface area contributed by atoms with Crippen LogP contribution in [0.1, 0.15) is 6.92 Å². The second-order valence-corrected chi connectivity index (χ2v) is 3.93. The van der Waals surface area contributed by atoms with Gasteiger partial charge in [0.1, 0.15) is 0 Å². The van der Waals surface area contributed by atoms with Gasteiger partial charge < -0.3 is 0 Å². The first-order valence-corrected chi connectivity index (χ1v) is 4.33. The molecule has 0 saturated heterocycles.